The van der Waals surface area contributed by atoms with Crippen LogP contribution < -0.4 is 16.4 Å². The number of carbonyl (C=O) groups is 1. The Morgan fingerprint density at radius 2 is 1.59 bits per heavy atom. The van der Waals surface area contributed by atoms with Gasteiger partial charge in [-0.1, -0.05) is 43.2 Å². The third-order valence-corrected chi connectivity index (χ3v) is 8.54. The van der Waals surface area contributed by atoms with Gasteiger partial charge in [-0.15, -0.1) is 24.8 Å². The standard InChI is InChI=1S/C29H40N8O2.2ClH/c30-21-10-12-22(13-11-21)33-28-34-26(25-27(35-28)37(19-31-25)24-8-4-5-9-24)32-23-14-16-36(17-15-23)29(38)39-18-20-6-2-1-3-7-20;;/h1-3,6-7,19,21-24H,4-5,8-18,30H2,(H2,32,33,34,35);2*1H. The zero-order valence-corrected chi connectivity index (χ0v) is 25.0. The first kappa shape index (κ1) is 31.1. The number of anilines is 2. The fraction of sp³-hybridized carbons (Fsp3) is 0.586. The van der Waals surface area contributed by atoms with E-state index in [2.05, 4.69) is 15.2 Å². The third-order valence-electron chi connectivity index (χ3n) is 8.54. The van der Waals surface area contributed by atoms with Crippen molar-refractivity contribution in [3.8, 4) is 0 Å². The van der Waals surface area contributed by atoms with Crippen molar-refractivity contribution in [1.82, 2.24) is 24.4 Å². The summed E-state index contributed by atoms with van der Waals surface area (Å²) in [6.07, 6.45) is 12.3. The van der Waals surface area contributed by atoms with Crippen molar-refractivity contribution >= 4 is 53.8 Å². The number of piperidine rings is 1. The zero-order chi connectivity index (χ0) is 26.6. The van der Waals surface area contributed by atoms with Gasteiger partial charge in [0.25, 0.3) is 0 Å². The smallest absolute Gasteiger partial charge is 0.410 e. The summed E-state index contributed by atoms with van der Waals surface area (Å²) in [5.41, 5.74) is 8.84. The van der Waals surface area contributed by atoms with Crippen LogP contribution in [0.1, 0.15) is 75.8 Å². The van der Waals surface area contributed by atoms with Gasteiger partial charge in [0.05, 0.1) is 6.33 Å². The summed E-state index contributed by atoms with van der Waals surface area (Å²) in [6.45, 7) is 1.58. The van der Waals surface area contributed by atoms with E-state index in [-0.39, 0.29) is 36.9 Å². The Kier molecular flexibility index (Phi) is 10.9. The summed E-state index contributed by atoms with van der Waals surface area (Å²) >= 11 is 0. The topological polar surface area (TPSA) is 123 Å². The summed E-state index contributed by atoms with van der Waals surface area (Å²) in [5.74, 6) is 1.43. The van der Waals surface area contributed by atoms with Crippen LogP contribution in [0.5, 0.6) is 0 Å². The highest BCUT2D eigenvalue weighted by Crippen LogP contribution is 2.34. The molecule has 1 aliphatic heterocycles. The van der Waals surface area contributed by atoms with Crippen molar-refractivity contribution in [2.75, 3.05) is 23.7 Å². The molecule has 0 spiro atoms. The maximum atomic E-state index is 12.6. The van der Waals surface area contributed by atoms with Crippen molar-refractivity contribution in [2.45, 2.75) is 95.0 Å². The third kappa shape index (κ3) is 7.53. The van der Waals surface area contributed by atoms with Crippen LogP contribution in [0.4, 0.5) is 16.6 Å². The number of aromatic nitrogens is 4. The van der Waals surface area contributed by atoms with E-state index >= 15 is 0 Å². The molecule has 10 nitrogen and oxygen atoms in total. The molecule has 3 heterocycles. The van der Waals surface area contributed by atoms with Crippen LogP contribution in [0.15, 0.2) is 36.7 Å². The van der Waals surface area contributed by atoms with E-state index in [0.29, 0.717) is 43.8 Å². The molecule has 2 aromatic heterocycles. The molecule has 2 saturated carbocycles. The van der Waals surface area contributed by atoms with E-state index in [1.807, 2.05) is 36.7 Å². The van der Waals surface area contributed by atoms with E-state index in [0.717, 1.165) is 61.1 Å². The minimum Gasteiger partial charge on any atom is -0.445 e. The highest BCUT2D eigenvalue weighted by Gasteiger charge is 2.27. The van der Waals surface area contributed by atoms with Gasteiger partial charge in [0.1, 0.15) is 6.61 Å². The molecule has 0 radical (unpaired) electrons. The lowest BCUT2D eigenvalue weighted by atomic mass is 9.92. The predicted molar refractivity (Wildman–Crippen MR) is 166 cm³/mol. The lowest BCUT2D eigenvalue weighted by molar-refractivity contribution is 0.0881. The Labute approximate surface area is 254 Å². The number of hydrogen-bond acceptors (Lipinski definition) is 8. The van der Waals surface area contributed by atoms with Crippen LogP contribution in [0.2, 0.25) is 0 Å². The number of hydrogen-bond donors (Lipinski definition) is 3. The number of halogens is 2. The molecule has 2 aliphatic carbocycles. The quantitative estimate of drug-likeness (QED) is 0.315. The lowest BCUT2D eigenvalue weighted by Crippen LogP contribution is -2.42. The molecular weight excluding hydrogens is 563 g/mol. The number of carbonyl (C=O) groups excluding carboxylic acids is 1. The zero-order valence-electron chi connectivity index (χ0n) is 23.4. The average molecular weight is 606 g/mol. The van der Waals surface area contributed by atoms with Gasteiger partial charge in [-0.05, 0) is 56.9 Å². The summed E-state index contributed by atoms with van der Waals surface area (Å²) in [5, 5.41) is 7.26. The van der Waals surface area contributed by atoms with Crippen LogP contribution in [0, 0.1) is 0 Å². The Morgan fingerprint density at radius 3 is 2.29 bits per heavy atom. The Morgan fingerprint density at radius 1 is 0.902 bits per heavy atom. The van der Waals surface area contributed by atoms with Crippen LogP contribution in [-0.4, -0.2) is 61.7 Å². The maximum Gasteiger partial charge on any atom is 0.410 e. The largest absolute Gasteiger partial charge is 0.445 e. The number of nitrogens with one attached hydrogen (secondary N) is 2. The van der Waals surface area contributed by atoms with E-state index in [1.165, 1.54) is 25.7 Å². The van der Waals surface area contributed by atoms with Crippen molar-refractivity contribution < 1.29 is 9.53 Å². The summed E-state index contributed by atoms with van der Waals surface area (Å²) in [4.78, 5) is 29.1. The number of nitrogens with two attached hydrogens (primary N) is 1. The first-order valence-corrected chi connectivity index (χ1v) is 14.6. The Hall–Kier alpha value is -2.82. The minimum atomic E-state index is -0.254. The second-order valence-electron chi connectivity index (χ2n) is 11.4. The fourth-order valence-corrected chi connectivity index (χ4v) is 6.19. The number of benzene rings is 1. The molecule has 3 aliphatic rings. The first-order valence-electron chi connectivity index (χ1n) is 14.6. The second kappa shape index (κ2) is 14.4. The fourth-order valence-electron chi connectivity index (χ4n) is 6.19. The average Bonchev–Trinajstić information content (AvgIpc) is 3.64. The van der Waals surface area contributed by atoms with Crippen molar-refractivity contribution in [1.29, 1.82) is 0 Å². The van der Waals surface area contributed by atoms with E-state index in [4.69, 9.17) is 25.4 Å². The number of rotatable bonds is 7. The molecule has 0 bridgehead atoms. The van der Waals surface area contributed by atoms with Crippen LogP contribution in [0.3, 0.4) is 0 Å². The first-order chi connectivity index (χ1) is 19.1. The van der Waals surface area contributed by atoms with Gasteiger partial charge in [0.15, 0.2) is 17.0 Å². The Bertz CT molecular complexity index is 1250. The summed E-state index contributed by atoms with van der Waals surface area (Å²) in [7, 11) is 0. The van der Waals surface area contributed by atoms with Crippen molar-refractivity contribution in [3.05, 3.63) is 42.2 Å². The lowest BCUT2D eigenvalue weighted by Gasteiger charge is -2.32. The minimum absolute atomic E-state index is 0. The number of nitrogens with zero attached hydrogens (tertiary/aromatic N) is 5. The number of imidazole rings is 1. The molecule has 41 heavy (non-hydrogen) atoms. The van der Waals surface area contributed by atoms with Gasteiger partial charge in [0, 0.05) is 37.3 Å². The Balaban J connectivity index is 0.00000194. The van der Waals surface area contributed by atoms with E-state index in [1.54, 1.807) is 4.90 Å². The molecule has 4 N–H and O–H groups in total. The molecule has 12 heteroatoms. The van der Waals surface area contributed by atoms with Gasteiger partial charge >= 0.3 is 6.09 Å². The molecule has 1 amide bonds. The molecule has 0 atom stereocenters. The number of amides is 1. The normalized spacial score (nSPS) is 21.6. The number of fused-ring (bicyclic) bond motifs is 1. The molecule has 224 valence electrons. The summed E-state index contributed by atoms with van der Waals surface area (Å²) < 4.78 is 7.79. The van der Waals surface area contributed by atoms with Crippen molar-refractivity contribution in [2.24, 2.45) is 5.73 Å². The van der Waals surface area contributed by atoms with Gasteiger partial charge in [0.2, 0.25) is 5.95 Å². The molecule has 0 unspecified atom stereocenters. The molecular formula is C29H42Cl2N8O2. The highest BCUT2D eigenvalue weighted by atomic mass is 35.5. The van der Waals surface area contributed by atoms with Crippen LogP contribution in [-0.2, 0) is 11.3 Å². The van der Waals surface area contributed by atoms with Crippen molar-refractivity contribution in [3.63, 3.8) is 0 Å². The summed E-state index contributed by atoms with van der Waals surface area (Å²) in [6, 6.07) is 11.1. The molecule has 1 saturated heterocycles. The van der Waals surface area contributed by atoms with Crippen LogP contribution >= 0.6 is 24.8 Å². The molecule has 6 rings (SSSR count). The van der Waals surface area contributed by atoms with E-state index < -0.39 is 0 Å². The SMILES string of the molecule is Cl.Cl.NC1CCC(Nc2nc(NC3CCN(C(=O)OCc4ccccc4)CC3)c3ncn(C4CCCC4)c3n2)CC1. The predicted octanol–water partition coefficient (Wildman–Crippen LogP) is 5.68. The number of ether oxygens (including phenoxy) is 1. The van der Waals surface area contributed by atoms with Gasteiger partial charge in [-0.3, -0.25) is 0 Å². The monoisotopic (exact) mass is 604 g/mol. The number of likely N-dealkylation sites (tertiary alicyclic amines) is 1. The van der Waals surface area contributed by atoms with Gasteiger partial charge < -0.3 is 30.6 Å². The molecule has 3 fully saturated rings. The maximum absolute atomic E-state index is 12.6. The van der Waals surface area contributed by atoms with Gasteiger partial charge in [-0.25, -0.2) is 9.78 Å². The second-order valence-corrected chi connectivity index (χ2v) is 11.4. The van der Waals surface area contributed by atoms with Crippen LogP contribution in [0.25, 0.3) is 11.2 Å². The van der Waals surface area contributed by atoms with Gasteiger partial charge in [-0.2, -0.15) is 9.97 Å². The molecule has 1 aromatic carbocycles. The van der Waals surface area contributed by atoms with E-state index in [9.17, 15) is 4.79 Å². The molecule has 3 aromatic rings. The highest BCUT2D eigenvalue weighted by molar-refractivity contribution is 5.86.